The molecule has 2 N–H and O–H groups in total. The van der Waals surface area contributed by atoms with Crippen LogP contribution in [-0.2, 0) is 26.1 Å². The minimum absolute atomic E-state index is 0.661. The van der Waals surface area contributed by atoms with Crippen molar-refractivity contribution in [2.45, 2.75) is 33.0 Å². The number of hydrogen-bond donors (Lipinski definition) is 1. The van der Waals surface area contributed by atoms with Gasteiger partial charge < -0.3 is 5.73 Å². The second-order valence-corrected chi connectivity index (χ2v) is 6.57. The van der Waals surface area contributed by atoms with E-state index in [2.05, 4.69) is 42.2 Å². The fraction of sp³-hybridized carbons (Fsp3) is 0.375. The zero-order valence-corrected chi connectivity index (χ0v) is 12.2. The maximum Gasteiger partial charge on any atom is 0.0274 e. The monoisotopic (exact) mass is 272 g/mol. The molecule has 1 aliphatic rings. The highest BCUT2D eigenvalue weighted by Crippen LogP contribution is 2.25. The number of nitrogens with zero attached hydrogens (tertiary/aromatic N) is 1. The standard InChI is InChI=1S/C16H20N2S/c1-12-15(8-16(9-17)19-12)11-18-7-6-13-4-2-3-5-14(13)10-18/h2-5,8H,6-7,9-11,17H2,1H3. The van der Waals surface area contributed by atoms with Crippen LogP contribution in [0.2, 0.25) is 0 Å². The smallest absolute Gasteiger partial charge is 0.0274 e. The van der Waals surface area contributed by atoms with Crippen molar-refractivity contribution in [3.63, 3.8) is 0 Å². The van der Waals surface area contributed by atoms with Crippen LogP contribution in [0.5, 0.6) is 0 Å². The summed E-state index contributed by atoms with van der Waals surface area (Å²) in [5, 5.41) is 0. The maximum absolute atomic E-state index is 5.73. The summed E-state index contributed by atoms with van der Waals surface area (Å²) in [4.78, 5) is 5.25. The summed E-state index contributed by atoms with van der Waals surface area (Å²) in [6.45, 7) is 6.15. The van der Waals surface area contributed by atoms with E-state index in [0.717, 1.165) is 19.6 Å². The Labute approximate surface area is 118 Å². The molecule has 1 aromatic carbocycles. The quantitative estimate of drug-likeness (QED) is 0.930. The molecule has 100 valence electrons. The van der Waals surface area contributed by atoms with E-state index < -0.39 is 0 Å². The highest BCUT2D eigenvalue weighted by atomic mass is 32.1. The number of aryl methyl sites for hydroxylation is 1. The molecule has 3 rings (SSSR count). The van der Waals surface area contributed by atoms with E-state index in [9.17, 15) is 0 Å². The second-order valence-electron chi connectivity index (χ2n) is 5.23. The van der Waals surface area contributed by atoms with E-state index in [-0.39, 0.29) is 0 Å². The number of rotatable bonds is 3. The normalized spacial score (nSPS) is 15.5. The first-order valence-corrected chi connectivity index (χ1v) is 7.65. The van der Waals surface area contributed by atoms with Gasteiger partial charge in [-0.05, 0) is 36.1 Å². The van der Waals surface area contributed by atoms with Crippen molar-refractivity contribution in [2.75, 3.05) is 6.54 Å². The fourth-order valence-corrected chi connectivity index (χ4v) is 3.71. The largest absolute Gasteiger partial charge is 0.326 e. The lowest BCUT2D eigenvalue weighted by Crippen LogP contribution is -2.30. The Balaban J connectivity index is 1.73. The summed E-state index contributed by atoms with van der Waals surface area (Å²) >= 11 is 1.84. The van der Waals surface area contributed by atoms with Crippen molar-refractivity contribution in [2.24, 2.45) is 5.73 Å². The SMILES string of the molecule is Cc1sc(CN)cc1CN1CCc2ccccc2C1. The van der Waals surface area contributed by atoms with Crippen molar-refractivity contribution in [1.82, 2.24) is 4.90 Å². The van der Waals surface area contributed by atoms with Gasteiger partial charge in [0.2, 0.25) is 0 Å². The first-order valence-electron chi connectivity index (χ1n) is 6.83. The Morgan fingerprint density at radius 2 is 2.05 bits per heavy atom. The van der Waals surface area contributed by atoms with Gasteiger partial charge in [-0.1, -0.05) is 24.3 Å². The summed E-state index contributed by atoms with van der Waals surface area (Å²) in [6.07, 6.45) is 1.17. The maximum atomic E-state index is 5.73. The third-order valence-corrected chi connectivity index (χ3v) is 4.99. The molecule has 0 bridgehead atoms. The molecule has 3 heteroatoms. The van der Waals surface area contributed by atoms with Gasteiger partial charge in [0.1, 0.15) is 0 Å². The zero-order valence-electron chi connectivity index (χ0n) is 11.4. The van der Waals surface area contributed by atoms with Gasteiger partial charge >= 0.3 is 0 Å². The molecule has 0 aliphatic carbocycles. The van der Waals surface area contributed by atoms with Crippen molar-refractivity contribution >= 4 is 11.3 Å². The average Bonchev–Trinajstić information content (AvgIpc) is 2.79. The van der Waals surface area contributed by atoms with Crippen LogP contribution in [0.25, 0.3) is 0 Å². The Kier molecular flexibility index (Phi) is 3.69. The van der Waals surface area contributed by atoms with E-state index in [1.54, 1.807) is 0 Å². The molecule has 2 heterocycles. The van der Waals surface area contributed by atoms with Gasteiger partial charge in [0.25, 0.3) is 0 Å². The molecule has 0 saturated carbocycles. The van der Waals surface area contributed by atoms with Gasteiger partial charge in [-0.25, -0.2) is 0 Å². The van der Waals surface area contributed by atoms with Crippen LogP contribution < -0.4 is 5.73 Å². The predicted octanol–water partition coefficient (Wildman–Crippen LogP) is 3.07. The molecule has 1 aliphatic heterocycles. The lowest BCUT2D eigenvalue weighted by molar-refractivity contribution is 0.245. The van der Waals surface area contributed by atoms with Crippen LogP contribution in [0.1, 0.15) is 26.4 Å². The van der Waals surface area contributed by atoms with Crippen LogP contribution in [0.3, 0.4) is 0 Å². The van der Waals surface area contributed by atoms with E-state index in [0.29, 0.717) is 6.54 Å². The van der Waals surface area contributed by atoms with Gasteiger partial charge in [0.05, 0.1) is 0 Å². The molecule has 0 amide bonds. The van der Waals surface area contributed by atoms with E-state index in [4.69, 9.17) is 5.73 Å². The predicted molar refractivity (Wildman–Crippen MR) is 81.2 cm³/mol. The van der Waals surface area contributed by atoms with Gasteiger partial charge in [0.15, 0.2) is 0 Å². The van der Waals surface area contributed by atoms with Crippen LogP contribution in [0.15, 0.2) is 30.3 Å². The molecule has 0 atom stereocenters. The Morgan fingerprint density at radius 1 is 1.26 bits per heavy atom. The number of benzene rings is 1. The number of nitrogens with two attached hydrogens (primary N) is 1. The average molecular weight is 272 g/mol. The van der Waals surface area contributed by atoms with Crippen LogP contribution in [0.4, 0.5) is 0 Å². The Morgan fingerprint density at radius 3 is 2.79 bits per heavy atom. The lowest BCUT2D eigenvalue weighted by Gasteiger charge is -2.28. The minimum Gasteiger partial charge on any atom is -0.326 e. The molecule has 0 saturated heterocycles. The molecule has 2 nitrogen and oxygen atoms in total. The van der Waals surface area contributed by atoms with E-state index in [1.165, 1.54) is 32.9 Å². The van der Waals surface area contributed by atoms with Crippen molar-refractivity contribution in [1.29, 1.82) is 0 Å². The zero-order chi connectivity index (χ0) is 13.2. The van der Waals surface area contributed by atoms with Gasteiger partial charge in [0, 0.05) is 35.9 Å². The number of hydrogen-bond acceptors (Lipinski definition) is 3. The molecule has 0 spiro atoms. The van der Waals surface area contributed by atoms with Gasteiger partial charge in [-0.3, -0.25) is 4.90 Å². The van der Waals surface area contributed by atoms with Crippen molar-refractivity contribution < 1.29 is 0 Å². The third kappa shape index (κ3) is 2.73. The van der Waals surface area contributed by atoms with E-state index >= 15 is 0 Å². The molecular weight excluding hydrogens is 252 g/mol. The van der Waals surface area contributed by atoms with Crippen molar-refractivity contribution in [3.05, 3.63) is 56.8 Å². The summed E-state index contributed by atoms with van der Waals surface area (Å²) in [5.74, 6) is 0. The molecule has 0 radical (unpaired) electrons. The van der Waals surface area contributed by atoms with Crippen LogP contribution >= 0.6 is 11.3 Å². The topological polar surface area (TPSA) is 29.3 Å². The minimum atomic E-state index is 0.661. The molecule has 2 aromatic rings. The highest BCUT2D eigenvalue weighted by Gasteiger charge is 2.17. The van der Waals surface area contributed by atoms with Crippen molar-refractivity contribution in [3.8, 4) is 0 Å². The lowest BCUT2D eigenvalue weighted by atomic mass is 9.99. The number of fused-ring (bicyclic) bond motifs is 1. The van der Waals surface area contributed by atoms with Crippen LogP contribution in [-0.4, -0.2) is 11.4 Å². The summed E-state index contributed by atoms with van der Waals surface area (Å²) in [7, 11) is 0. The Bertz CT molecular complexity index is 574. The fourth-order valence-electron chi connectivity index (χ4n) is 2.78. The molecule has 0 fully saturated rings. The highest BCUT2D eigenvalue weighted by molar-refractivity contribution is 7.12. The Hall–Kier alpha value is -1.16. The van der Waals surface area contributed by atoms with Crippen LogP contribution in [0, 0.1) is 6.92 Å². The number of thiophene rings is 1. The van der Waals surface area contributed by atoms with Gasteiger partial charge in [-0.2, -0.15) is 0 Å². The molecule has 0 unspecified atom stereocenters. The first kappa shape index (κ1) is 12.9. The third-order valence-electron chi connectivity index (χ3n) is 3.88. The summed E-state index contributed by atoms with van der Waals surface area (Å²) < 4.78 is 0. The summed E-state index contributed by atoms with van der Waals surface area (Å²) in [5.41, 5.74) is 10.2. The second kappa shape index (κ2) is 5.45. The van der Waals surface area contributed by atoms with Gasteiger partial charge in [-0.15, -0.1) is 11.3 Å². The molecule has 19 heavy (non-hydrogen) atoms. The molecule has 1 aromatic heterocycles. The summed E-state index contributed by atoms with van der Waals surface area (Å²) in [6, 6.07) is 11.1. The molecular formula is C16H20N2S. The first-order chi connectivity index (χ1) is 9.26. The van der Waals surface area contributed by atoms with E-state index in [1.807, 2.05) is 11.3 Å².